The second kappa shape index (κ2) is 7.63. The number of hydrogen-bond donors (Lipinski definition) is 1. The molecular weight excluding hydrogens is 335 g/mol. The summed E-state index contributed by atoms with van der Waals surface area (Å²) < 4.78 is 49.7. The zero-order valence-electron chi connectivity index (χ0n) is 14.1. The highest BCUT2D eigenvalue weighted by molar-refractivity contribution is 5.67. The van der Waals surface area contributed by atoms with E-state index < -0.39 is 12.2 Å². The van der Waals surface area contributed by atoms with Crippen molar-refractivity contribution >= 4 is 5.70 Å². The standard InChI is InChI=1S/C17H22F3N3O2/c1-22-15(12-16(21-22)17(18,19)20)13-3-2-4-14(11-13)25-10-7-23-5-8-24-9-6-23/h2-4,11-12,16,21H,5-10H2,1H3. The van der Waals surface area contributed by atoms with Crippen molar-refractivity contribution in [2.75, 3.05) is 46.5 Å². The zero-order chi connectivity index (χ0) is 17.9. The molecule has 8 heteroatoms. The summed E-state index contributed by atoms with van der Waals surface area (Å²) in [6.07, 6.45) is -3.13. The van der Waals surface area contributed by atoms with Crippen LogP contribution in [0.5, 0.6) is 5.75 Å². The first-order chi connectivity index (χ1) is 11.9. The van der Waals surface area contributed by atoms with Crippen molar-refractivity contribution in [3.8, 4) is 5.75 Å². The Balaban J connectivity index is 1.61. The van der Waals surface area contributed by atoms with Gasteiger partial charge in [-0.25, -0.2) is 5.43 Å². The molecule has 25 heavy (non-hydrogen) atoms. The molecule has 5 nitrogen and oxygen atoms in total. The average molecular weight is 357 g/mol. The number of hydrogen-bond acceptors (Lipinski definition) is 5. The minimum atomic E-state index is -4.32. The van der Waals surface area contributed by atoms with Gasteiger partial charge in [0.25, 0.3) is 0 Å². The molecular formula is C17H22F3N3O2. The summed E-state index contributed by atoms with van der Waals surface area (Å²) in [6.45, 7) is 4.60. The molecule has 2 heterocycles. The summed E-state index contributed by atoms with van der Waals surface area (Å²) in [5.74, 6) is 0.649. The Bertz CT molecular complexity index is 615. The fraction of sp³-hybridized carbons (Fsp3) is 0.529. The molecule has 3 rings (SSSR count). The lowest BCUT2D eigenvalue weighted by atomic mass is 10.1. The molecule has 0 radical (unpaired) electrons. The highest BCUT2D eigenvalue weighted by Gasteiger charge is 2.42. The van der Waals surface area contributed by atoms with Crippen molar-refractivity contribution in [2.24, 2.45) is 0 Å². The Morgan fingerprint density at radius 1 is 1.28 bits per heavy atom. The van der Waals surface area contributed by atoms with E-state index in [4.69, 9.17) is 9.47 Å². The Morgan fingerprint density at radius 3 is 2.72 bits per heavy atom. The van der Waals surface area contributed by atoms with E-state index in [-0.39, 0.29) is 0 Å². The number of nitrogens with one attached hydrogen (secondary N) is 1. The maximum absolute atomic E-state index is 12.9. The summed E-state index contributed by atoms with van der Waals surface area (Å²) in [5.41, 5.74) is 3.58. The van der Waals surface area contributed by atoms with Gasteiger partial charge in [0.2, 0.25) is 0 Å². The van der Waals surface area contributed by atoms with Gasteiger partial charge in [-0.1, -0.05) is 12.1 Å². The molecule has 2 aliphatic rings. The quantitative estimate of drug-likeness (QED) is 0.874. The second-order valence-corrected chi connectivity index (χ2v) is 6.09. The topological polar surface area (TPSA) is 37.0 Å². The first-order valence-electron chi connectivity index (χ1n) is 8.25. The maximum Gasteiger partial charge on any atom is 0.409 e. The van der Waals surface area contributed by atoms with Crippen molar-refractivity contribution in [3.63, 3.8) is 0 Å². The Morgan fingerprint density at radius 2 is 2.04 bits per heavy atom. The van der Waals surface area contributed by atoms with Crippen LogP contribution in [0.15, 0.2) is 30.3 Å². The van der Waals surface area contributed by atoms with Gasteiger partial charge >= 0.3 is 6.18 Å². The number of ether oxygens (including phenoxy) is 2. The number of rotatable bonds is 5. The van der Waals surface area contributed by atoms with Crippen molar-refractivity contribution in [3.05, 3.63) is 35.9 Å². The minimum Gasteiger partial charge on any atom is -0.492 e. The molecule has 0 aliphatic carbocycles. The van der Waals surface area contributed by atoms with Gasteiger partial charge in [0.15, 0.2) is 0 Å². The number of halogens is 3. The van der Waals surface area contributed by atoms with Gasteiger partial charge in [0.1, 0.15) is 18.4 Å². The second-order valence-electron chi connectivity index (χ2n) is 6.09. The molecule has 0 spiro atoms. The van der Waals surface area contributed by atoms with Gasteiger partial charge in [-0.15, -0.1) is 0 Å². The van der Waals surface area contributed by atoms with Gasteiger partial charge in [-0.3, -0.25) is 4.90 Å². The molecule has 2 aliphatic heterocycles. The first-order valence-corrected chi connectivity index (χ1v) is 8.25. The number of nitrogens with zero attached hydrogens (tertiary/aromatic N) is 2. The summed E-state index contributed by atoms with van der Waals surface area (Å²) >= 11 is 0. The summed E-state index contributed by atoms with van der Waals surface area (Å²) in [5, 5.41) is 1.39. The monoisotopic (exact) mass is 357 g/mol. The van der Waals surface area contributed by atoms with Gasteiger partial charge in [0, 0.05) is 32.2 Å². The van der Waals surface area contributed by atoms with E-state index in [1.54, 1.807) is 25.2 Å². The van der Waals surface area contributed by atoms with E-state index in [9.17, 15) is 13.2 Å². The fourth-order valence-corrected chi connectivity index (χ4v) is 2.91. The van der Waals surface area contributed by atoms with Crippen LogP contribution in [0.3, 0.4) is 0 Å². The molecule has 138 valence electrons. The van der Waals surface area contributed by atoms with E-state index >= 15 is 0 Å². The predicted molar refractivity (Wildman–Crippen MR) is 87.9 cm³/mol. The minimum absolute atomic E-state index is 0.487. The van der Waals surface area contributed by atoms with E-state index in [1.807, 2.05) is 6.07 Å². The molecule has 1 fully saturated rings. The molecule has 1 atom stereocenters. The molecule has 1 N–H and O–H groups in total. The fourth-order valence-electron chi connectivity index (χ4n) is 2.91. The van der Waals surface area contributed by atoms with Gasteiger partial charge in [-0.05, 0) is 18.2 Å². The van der Waals surface area contributed by atoms with Gasteiger partial charge in [0.05, 0.1) is 18.9 Å². The van der Waals surface area contributed by atoms with Crippen LogP contribution in [0.4, 0.5) is 13.2 Å². The molecule has 0 amide bonds. The normalized spacial score (nSPS) is 22.2. The van der Waals surface area contributed by atoms with E-state index in [0.29, 0.717) is 23.6 Å². The summed E-state index contributed by atoms with van der Waals surface area (Å²) in [6, 6.07) is 5.47. The lowest BCUT2D eigenvalue weighted by Crippen LogP contribution is -2.42. The largest absolute Gasteiger partial charge is 0.492 e. The highest BCUT2D eigenvalue weighted by atomic mass is 19.4. The van der Waals surface area contributed by atoms with E-state index in [2.05, 4.69) is 10.3 Å². The Kier molecular flexibility index (Phi) is 5.51. The summed E-state index contributed by atoms with van der Waals surface area (Å²) in [4.78, 5) is 2.26. The van der Waals surface area contributed by atoms with Crippen molar-refractivity contribution in [2.45, 2.75) is 12.2 Å². The van der Waals surface area contributed by atoms with Crippen LogP contribution in [0.1, 0.15) is 5.56 Å². The van der Waals surface area contributed by atoms with Crippen molar-refractivity contribution in [1.82, 2.24) is 15.3 Å². The van der Waals surface area contributed by atoms with Crippen LogP contribution >= 0.6 is 0 Å². The van der Waals surface area contributed by atoms with Crippen LogP contribution in [-0.2, 0) is 4.74 Å². The lowest BCUT2D eigenvalue weighted by Gasteiger charge is -2.26. The van der Waals surface area contributed by atoms with Crippen molar-refractivity contribution < 1.29 is 22.6 Å². The smallest absolute Gasteiger partial charge is 0.409 e. The third kappa shape index (κ3) is 4.65. The van der Waals surface area contributed by atoms with Crippen LogP contribution < -0.4 is 10.2 Å². The first kappa shape index (κ1) is 18.0. The third-order valence-corrected chi connectivity index (χ3v) is 4.28. The maximum atomic E-state index is 12.9. The number of benzene rings is 1. The Hall–Kier alpha value is -1.77. The van der Waals surface area contributed by atoms with Crippen molar-refractivity contribution in [1.29, 1.82) is 0 Å². The number of hydrazine groups is 1. The average Bonchev–Trinajstić information content (AvgIpc) is 2.98. The molecule has 1 unspecified atom stereocenters. The third-order valence-electron chi connectivity index (χ3n) is 4.28. The molecule has 0 bridgehead atoms. The zero-order valence-corrected chi connectivity index (χ0v) is 14.1. The molecule has 1 aromatic carbocycles. The number of alkyl halides is 3. The summed E-state index contributed by atoms with van der Waals surface area (Å²) in [7, 11) is 1.57. The molecule has 0 aromatic heterocycles. The Labute approximate surface area is 145 Å². The molecule has 1 aromatic rings. The van der Waals surface area contributed by atoms with Crippen LogP contribution in [0.2, 0.25) is 0 Å². The van der Waals surface area contributed by atoms with Crippen LogP contribution in [0, 0.1) is 0 Å². The van der Waals surface area contributed by atoms with E-state index in [1.165, 1.54) is 11.1 Å². The van der Waals surface area contributed by atoms with Gasteiger partial charge < -0.3 is 14.5 Å². The molecule has 0 saturated carbocycles. The molecule has 1 saturated heterocycles. The predicted octanol–water partition coefficient (Wildman–Crippen LogP) is 2.12. The lowest BCUT2D eigenvalue weighted by molar-refractivity contribution is -0.148. The number of morpholine rings is 1. The SMILES string of the molecule is CN1NC(C(F)(F)F)C=C1c1cccc(OCCN2CCOCC2)c1. The van der Waals surface area contributed by atoms with Crippen LogP contribution in [-0.4, -0.2) is 68.6 Å². The highest BCUT2D eigenvalue weighted by Crippen LogP contribution is 2.31. The van der Waals surface area contributed by atoms with E-state index in [0.717, 1.165) is 32.8 Å². The van der Waals surface area contributed by atoms with Crippen LogP contribution in [0.25, 0.3) is 5.70 Å². The van der Waals surface area contributed by atoms with Gasteiger partial charge in [-0.2, -0.15) is 13.2 Å².